The number of rotatable bonds is 8. The standard InChI is InChI=1S/C38H42N4O5.Mg/c1-9-14-47-31(43)13-12-24-20(6)27-15-25-18(4)22(10-2)29(39-25)16-26-19(5)23(11-3)30(40-26)17-28-21(7)32-36(42-28)33(35(24)41-27)34(37(32)44)38(45)46-8;/h9-10,15-17,20,24,34-35,41-42,44H,1-2,11-14H2,3-8H3;/q-2;+2/b26-16-,27-15-,30-17-;/t20-,24-,34+,35?;/m0./s1. The number of fused-ring (bicyclic) bond motifs is 8. The van der Waals surface area contributed by atoms with Gasteiger partial charge in [-0.25, -0.2) is 0 Å². The number of esters is 2. The molecular formula is C38H42MgN4O5. The van der Waals surface area contributed by atoms with E-state index in [0.29, 0.717) is 22.6 Å². The van der Waals surface area contributed by atoms with E-state index in [1.165, 1.54) is 7.11 Å². The van der Waals surface area contributed by atoms with E-state index in [-0.39, 0.29) is 59.6 Å². The summed E-state index contributed by atoms with van der Waals surface area (Å²) in [6.07, 6.45) is 11.0. The summed E-state index contributed by atoms with van der Waals surface area (Å²) in [5.74, 6) is -2.09. The monoisotopic (exact) mass is 658 g/mol. The van der Waals surface area contributed by atoms with E-state index in [4.69, 9.17) is 19.4 Å². The van der Waals surface area contributed by atoms with Crippen LogP contribution in [0.3, 0.4) is 0 Å². The van der Waals surface area contributed by atoms with Crippen LogP contribution in [0.5, 0.6) is 0 Å². The molecule has 0 amide bonds. The number of aliphatic hydroxyl groups excluding tert-OH is 1. The van der Waals surface area contributed by atoms with Crippen LogP contribution in [0.1, 0.15) is 71.6 Å². The SMILES string of the molecule is C=CCOC(=O)CC[C@@H]1C2N/C(=C\c3[n-]c(c(C=C)c3C)/C=c3\[n-]/c(c(CC)c3C)=C\c3[nH]c4c(c3C)=C(O)[C@H](C(=O)OC)C=42)[C@H]1C.[Mg+2]. The first kappa shape index (κ1) is 35.2. The van der Waals surface area contributed by atoms with Gasteiger partial charge in [0.05, 0.1) is 18.5 Å². The largest absolute Gasteiger partial charge is 2.00 e. The van der Waals surface area contributed by atoms with Gasteiger partial charge in [0.2, 0.25) is 0 Å². The molecule has 3 aromatic rings. The van der Waals surface area contributed by atoms with Gasteiger partial charge in [-0.3, -0.25) is 9.59 Å². The fourth-order valence-corrected chi connectivity index (χ4v) is 7.63. The first-order chi connectivity index (χ1) is 22.5. The number of carbonyl (C=O) groups excluding carboxylic acids is 2. The molecule has 1 unspecified atom stereocenters. The Morgan fingerprint density at radius 3 is 2.46 bits per heavy atom. The molecule has 3 N–H and O–H groups in total. The van der Waals surface area contributed by atoms with Gasteiger partial charge < -0.3 is 34.8 Å². The van der Waals surface area contributed by atoms with Crippen LogP contribution in [0.15, 0.2) is 24.9 Å². The summed E-state index contributed by atoms with van der Waals surface area (Å²) in [7, 11) is 1.33. The zero-order chi connectivity index (χ0) is 33.7. The summed E-state index contributed by atoms with van der Waals surface area (Å²) in [5.41, 5.74) is 8.99. The second-order valence-corrected chi connectivity index (χ2v) is 12.6. The minimum absolute atomic E-state index is 0. The van der Waals surface area contributed by atoms with Crippen LogP contribution in [0, 0.1) is 38.5 Å². The van der Waals surface area contributed by atoms with Crippen molar-refractivity contribution in [3.05, 3.63) is 91.1 Å². The van der Waals surface area contributed by atoms with Crippen LogP contribution < -0.4 is 36.6 Å². The summed E-state index contributed by atoms with van der Waals surface area (Å²) in [4.78, 5) is 39.8. The fourth-order valence-electron chi connectivity index (χ4n) is 7.63. The van der Waals surface area contributed by atoms with Crippen molar-refractivity contribution >= 4 is 70.6 Å². The van der Waals surface area contributed by atoms with Crippen molar-refractivity contribution in [3.8, 4) is 0 Å². The molecule has 3 aliphatic rings. The molecule has 1 saturated heterocycles. The summed E-state index contributed by atoms with van der Waals surface area (Å²) >= 11 is 0. The number of allylic oxidation sites excluding steroid dienone is 1. The third kappa shape index (κ3) is 5.68. The molecule has 48 heavy (non-hydrogen) atoms. The molecule has 0 spiro atoms. The van der Waals surface area contributed by atoms with Crippen molar-refractivity contribution in [2.75, 3.05) is 13.7 Å². The Bertz CT molecular complexity index is 2110. The molecule has 9 nitrogen and oxygen atoms in total. The minimum Gasteiger partial charge on any atom is -0.657 e. The number of carbonyl (C=O) groups is 2. The zero-order valence-corrected chi connectivity index (χ0v) is 30.0. The maximum atomic E-state index is 13.4. The molecule has 10 heteroatoms. The Hall–Kier alpha value is -4.15. The van der Waals surface area contributed by atoms with E-state index in [2.05, 4.69) is 50.3 Å². The molecule has 4 atom stereocenters. The number of hydrogen-bond donors (Lipinski definition) is 3. The number of methoxy groups -OCH3 is 1. The number of nitrogens with one attached hydrogen (secondary N) is 2. The maximum absolute atomic E-state index is 13.4. The molecule has 0 aromatic carbocycles. The quantitative estimate of drug-likeness (QED) is 0.191. The van der Waals surface area contributed by atoms with E-state index in [1.807, 2.05) is 32.1 Å². The van der Waals surface area contributed by atoms with Gasteiger partial charge in [-0.15, -0.1) is 22.1 Å². The predicted octanol–water partition coefficient (Wildman–Crippen LogP) is 2.04. The van der Waals surface area contributed by atoms with Crippen LogP contribution in [0.4, 0.5) is 0 Å². The van der Waals surface area contributed by atoms with Crippen molar-refractivity contribution in [2.24, 2.45) is 17.8 Å². The first-order valence-electron chi connectivity index (χ1n) is 16.2. The van der Waals surface area contributed by atoms with Gasteiger partial charge >= 0.3 is 35.0 Å². The third-order valence-corrected chi connectivity index (χ3v) is 10.2. The summed E-state index contributed by atoms with van der Waals surface area (Å²) < 4.78 is 10.6. The molecule has 246 valence electrons. The fraction of sp³-hybridized carbons (Fsp3) is 0.368. The Labute approximate surface area is 296 Å². The Morgan fingerprint density at radius 1 is 1.04 bits per heavy atom. The Balaban J connectivity index is 0.00000451. The molecule has 6 rings (SSSR count). The number of hydrogen-bond acceptors (Lipinski definition) is 6. The number of aromatic amines is 1. The van der Waals surface area contributed by atoms with Crippen LogP contribution >= 0.6 is 0 Å². The number of aliphatic hydroxyl groups is 1. The van der Waals surface area contributed by atoms with Crippen LogP contribution in [-0.2, 0) is 25.5 Å². The minimum atomic E-state index is -1.00. The summed E-state index contributed by atoms with van der Waals surface area (Å²) in [5, 5.41) is 18.4. The molecule has 8 bridgehead atoms. The van der Waals surface area contributed by atoms with Crippen LogP contribution in [-0.4, -0.2) is 64.8 Å². The van der Waals surface area contributed by atoms with Crippen molar-refractivity contribution in [1.82, 2.24) is 20.3 Å². The number of aromatic nitrogens is 3. The zero-order valence-electron chi connectivity index (χ0n) is 28.6. The van der Waals surface area contributed by atoms with Gasteiger partial charge in [0.25, 0.3) is 0 Å². The van der Waals surface area contributed by atoms with Crippen LogP contribution in [0.25, 0.3) is 35.6 Å². The van der Waals surface area contributed by atoms with Gasteiger partial charge in [0, 0.05) is 28.9 Å². The van der Waals surface area contributed by atoms with E-state index >= 15 is 0 Å². The molecule has 1 aliphatic carbocycles. The molecule has 1 fully saturated rings. The number of ether oxygens (including phenoxy) is 2. The van der Waals surface area contributed by atoms with Gasteiger partial charge in [-0.05, 0) is 56.2 Å². The Morgan fingerprint density at radius 2 is 1.79 bits per heavy atom. The van der Waals surface area contributed by atoms with Gasteiger partial charge in [-0.2, -0.15) is 0 Å². The second-order valence-electron chi connectivity index (χ2n) is 12.6. The molecule has 5 heterocycles. The van der Waals surface area contributed by atoms with Gasteiger partial charge in [0.15, 0.2) is 0 Å². The molecule has 2 aliphatic heterocycles. The smallest absolute Gasteiger partial charge is 0.657 e. The molecular weight excluding hydrogens is 617 g/mol. The second kappa shape index (κ2) is 13.8. The van der Waals surface area contributed by atoms with E-state index < -0.39 is 17.9 Å². The van der Waals surface area contributed by atoms with Gasteiger partial charge in [-0.1, -0.05) is 74.1 Å². The first-order valence-corrected chi connectivity index (χ1v) is 16.2. The number of nitrogens with zero attached hydrogens (tertiary/aromatic N) is 2. The predicted molar refractivity (Wildman–Crippen MR) is 188 cm³/mol. The van der Waals surface area contributed by atoms with E-state index in [9.17, 15) is 14.7 Å². The van der Waals surface area contributed by atoms with E-state index in [0.717, 1.165) is 67.7 Å². The van der Waals surface area contributed by atoms with Crippen molar-refractivity contribution in [2.45, 2.75) is 59.9 Å². The van der Waals surface area contributed by atoms with Gasteiger partial charge in [0.1, 0.15) is 18.3 Å². The van der Waals surface area contributed by atoms with Crippen molar-refractivity contribution in [3.63, 3.8) is 0 Å². The van der Waals surface area contributed by atoms with Crippen molar-refractivity contribution < 1.29 is 24.2 Å². The molecule has 0 saturated carbocycles. The van der Waals surface area contributed by atoms with Crippen LogP contribution in [0.2, 0.25) is 0 Å². The Kier molecular flexibility index (Phi) is 10.1. The number of H-pyrrole nitrogens is 1. The summed E-state index contributed by atoms with van der Waals surface area (Å²) in [6.45, 7) is 18.2. The topological polar surface area (TPSA) is 129 Å². The third-order valence-electron chi connectivity index (χ3n) is 10.2. The molecule has 0 radical (unpaired) electrons. The molecule has 3 aromatic heterocycles. The maximum Gasteiger partial charge on any atom is 2.00 e. The summed E-state index contributed by atoms with van der Waals surface area (Å²) in [6, 6.07) is -0.410. The van der Waals surface area contributed by atoms with Crippen molar-refractivity contribution in [1.29, 1.82) is 0 Å². The average Bonchev–Trinajstić information content (AvgIpc) is 3.79. The normalized spacial score (nSPS) is 23.1. The van der Waals surface area contributed by atoms with E-state index in [1.54, 1.807) is 6.08 Å². The average molecular weight is 659 g/mol.